The average Bonchev–Trinajstić information content (AvgIpc) is 2.80. The number of halogens is 1. The van der Waals surface area contributed by atoms with E-state index in [4.69, 9.17) is 0 Å². The van der Waals surface area contributed by atoms with E-state index in [0.717, 1.165) is 30.8 Å². The number of anilines is 1. The van der Waals surface area contributed by atoms with Gasteiger partial charge < -0.3 is 10.6 Å². The van der Waals surface area contributed by atoms with Gasteiger partial charge in [0.15, 0.2) is 0 Å². The van der Waals surface area contributed by atoms with E-state index >= 15 is 0 Å². The lowest BCUT2D eigenvalue weighted by Gasteiger charge is -2.16. The van der Waals surface area contributed by atoms with Crippen molar-refractivity contribution in [2.24, 2.45) is 0 Å². The molecule has 2 N–H and O–H groups in total. The number of carbonyl (C=O) groups is 1. The van der Waals surface area contributed by atoms with E-state index in [9.17, 15) is 4.79 Å². The number of amides is 1. The van der Waals surface area contributed by atoms with E-state index in [-0.39, 0.29) is 5.91 Å². The van der Waals surface area contributed by atoms with E-state index in [1.54, 1.807) is 0 Å². The summed E-state index contributed by atoms with van der Waals surface area (Å²) in [5.41, 5.74) is 2.02. The highest BCUT2D eigenvalue weighted by Gasteiger charge is 2.22. The largest absolute Gasteiger partial charge is 0.325 e. The van der Waals surface area contributed by atoms with Crippen molar-refractivity contribution >= 4 is 34.2 Å². The summed E-state index contributed by atoms with van der Waals surface area (Å²) in [6.07, 6.45) is 1.12. The van der Waals surface area contributed by atoms with Gasteiger partial charge in [-0.3, -0.25) is 9.69 Å². The average molecular weight is 373 g/mol. The van der Waals surface area contributed by atoms with Crippen molar-refractivity contribution in [3.63, 3.8) is 0 Å². The van der Waals surface area contributed by atoms with Gasteiger partial charge in [-0.25, -0.2) is 0 Å². The maximum absolute atomic E-state index is 12.0. The smallest absolute Gasteiger partial charge is 0.238 e. The summed E-state index contributed by atoms with van der Waals surface area (Å²) in [7, 11) is 1.98. The number of carbonyl (C=O) groups excluding carboxylic acids is 1. The molecule has 104 valence electrons. The molecule has 1 aromatic carbocycles. The fraction of sp³-hybridized carbons (Fsp3) is 0.500. The van der Waals surface area contributed by atoms with Crippen LogP contribution in [0.15, 0.2) is 18.2 Å². The molecule has 1 saturated heterocycles. The Morgan fingerprint density at radius 1 is 1.53 bits per heavy atom. The van der Waals surface area contributed by atoms with Crippen LogP contribution in [-0.2, 0) is 4.79 Å². The zero-order chi connectivity index (χ0) is 13.8. The van der Waals surface area contributed by atoms with Crippen LogP contribution >= 0.6 is 22.6 Å². The molecular weight excluding hydrogens is 353 g/mol. The summed E-state index contributed by atoms with van der Waals surface area (Å²) in [5, 5.41) is 6.25. The Morgan fingerprint density at radius 2 is 2.32 bits per heavy atom. The van der Waals surface area contributed by atoms with Crippen molar-refractivity contribution in [1.29, 1.82) is 0 Å². The number of benzene rings is 1. The highest BCUT2D eigenvalue weighted by atomic mass is 127. The third-order valence-electron chi connectivity index (χ3n) is 3.51. The van der Waals surface area contributed by atoms with Gasteiger partial charge in [0.05, 0.1) is 6.54 Å². The molecule has 1 aromatic rings. The summed E-state index contributed by atoms with van der Waals surface area (Å²) in [6, 6.07) is 6.57. The summed E-state index contributed by atoms with van der Waals surface area (Å²) in [4.78, 5) is 14.2. The van der Waals surface area contributed by atoms with Crippen LogP contribution in [0.5, 0.6) is 0 Å². The normalized spacial score (nSPS) is 19.6. The van der Waals surface area contributed by atoms with Gasteiger partial charge >= 0.3 is 0 Å². The SMILES string of the molecule is CNC1CCN(CC(=O)Nc2ccc(I)cc2C)C1. The Bertz CT molecular complexity index is 464. The van der Waals surface area contributed by atoms with Crippen molar-refractivity contribution in [2.75, 3.05) is 32.0 Å². The predicted molar refractivity (Wildman–Crippen MR) is 86.4 cm³/mol. The van der Waals surface area contributed by atoms with Crippen molar-refractivity contribution in [3.05, 3.63) is 27.3 Å². The minimum Gasteiger partial charge on any atom is -0.325 e. The van der Waals surface area contributed by atoms with Crippen LogP contribution in [0.25, 0.3) is 0 Å². The van der Waals surface area contributed by atoms with Gasteiger partial charge in [0, 0.05) is 28.4 Å². The molecule has 0 spiro atoms. The van der Waals surface area contributed by atoms with E-state index in [2.05, 4.69) is 44.2 Å². The number of aryl methyl sites for hydroxylation is 1. The number of nitrogens with zero attached hydrogens (tertiary/aromatic N) is 1. The topological polar surface area (TPSA) is 44.4 Å². The van der Waals surface area contributed by atoms with Gasteiger partial charge in [0.2, 0.25) is 5.91 Å². The quantitative estimate of drug-likeness (QED) is 0.792. The molecule has 0 radical (unpaired) electrons. The van der Waals surface area contributed by atoms with Crippen LogP contribution in [0, 0.1) is 10.5 Å². The predicted octanol–water partition coefficient (Wildman–Crippen LogP) is 1.83. The molecule has 5 heteroatoms. The first-order chi connectivity index (χ1) is 9.08. The number of likely N-dealkylation sites (tertiary alicyclic amines) is 1. The minimum absolute atomic E-state index is 0.0704. The number of likely N-dealkylation sites (N-methyl/N-ethyl adjacent to an activating group) is 1. The maximum Gasteiger partial charge on any atom is 0.238 e. The van der Waals surface area contributed by atoms with Gasteiger partial charge in [-0.05, 0) is 66.7 Å². The molecule has 1 fully saturated rings. The molecular formula is C14H20IN3O. The number of hydrogen-bond acceptors (Lipinski definition) is 3. The Balaban J connectivity index is 1.87. The molecule has 0 aromatic heterocycles. The molecule has 0 bridgehead atoms. The van der Waals surface area contributed by atoms with Gasteiger partial charge in [0.25, 0.3) is 0 Å². The summed E-state index contributed by atoms with van der Waals surface area (Å²) in [6.45, 7) is 4.44. The van der Waals surface area contributed by atoms with Crippen LogP contribution in [-0.4, -0.2) is 43.5 Å². The van der Waals surface area contributed by atoms with Crippen molar-refractivity contribution in [1.82, 2.24) is 10.2 Å². The molecule has 0 aliphatic carbocycles. The van der Waals surface area contributed by atoms with Crippen molar-refractivity contribution < 1.29 is 4.79 Å². The first-order valence-corrected chi connectivity index (χ1v) is 7.62. The maximum atomic E-state index is 12.0. The Labute approximate surface area is 128 Å². The zero-order valence-electron chi connectivity index (χ0n) is 11.4. The monoisotopic (exact) mass is 373 g/mol. The van der Waals surface area contributed by atoms with Crippen LogP contribution in [0.4, 0.5) is 5.69 Å². The second-order valence-corrected chi connectivity index (χ2v) is 6.26. The molecule has 19 heavy (non-hydrogen) atoms. The van der Waals surface area contributed by atoms with Crippen LogP contribution in [0.2, 0.25) is 0 Å². The molecule has 1 aliphatic heterocycles. The lowest BCUT2D eigenvalue weighted by Crippen LogP contribution is -2.34. The molecule has 1 aliphatic rings. The molecule has 0 saturated carbocycles. The number of hydrogen-bond donors (Lipinski definition) is 2. The van der Waals surface area contributed by atoms with E-state index in [1.165, 1.54) is 3.57 Å². The van der Waals surface area contributed by atoms with Crippen molar-refractivity contribution in [3.8, 4) is 0 Å². The van der Waals surface area contributed by atoms with E-state index in [1.807, 2.05) is 26.1 Å². The lowest BCUT2D eigenvalue weighted by atomic mass is 10.2. The third-order valence-corrected chi connectivity index (χ3v) is 4.18. The zero-order valence-corrected chi connectivity index (χ0v) is 13.5. The summed E-state index contributed by atoms with van der Waals surface area (Å²) in [5.74, 6) is 0.0704. The Hall–Kier alpha value is -0.660. The van der Waals surface area contributed by atoms with Crippen LogP contribution < -0.4 is 10.6 Å². The molecule has 1 unspecified atom stereocenters. The first-order valence-electron chi connectivity index (χ1n) is 6.54. The highest BCUT2D eigenvalue weighted by Crippen LogP contribution is 2.18. The van der Waals surface area contributed by atoms with Crippen LogP contribution in [0.3, 0.4) is 0 Å². The van der Waals surface area contributed by atoms with Gasteiger partial charge in [-0.2, -0.15) is 0 Å². The molecule has 1 atom stereocenters. The standard InChI is InChI=1S/C14H20IN3O/c1-10-7-11(15)3-4-13(10)17-14(19)9-18-6-5-12(8-18)16-2/h3-4,7,12,16H,5-6,8-9H2,1-2H3,(H,17,19). The van der Waals surface area contributed by atoms with Gasteiger partial charge in [0.1, 0.15) is 0 Å². The Kier molecular flexibility index (Phi) is 5.18. The van der Waals surface area contributed by atoms with Gasteiger partial charge in [-0.1, -0.05) is 0 Å². The van der Waals surface area contributed by atoms with Gasteiger partial charge in [-0.15, -0.1) is 0 Å². The Morgan fingerprint density at radius 3 is 2.95 bits per heavy atom. The molecule has 2 rings (SSSR count). The summed E-state index contributed by atoms with van der Waals surface area (Å²) >= 11 is 2.27. The molecule has 1 heterocycles. The summed E-state index contributed by atoms with van der Waals surface area (Å²) < 4.78 is 1.18. The third kappa shape index (κ3) is 4.15. The first kappa shape index (κ1) is 14.7. The fourth-order valence-electron chi connectivity index (χ4n) is 2.37. The molecule has 1 amide bonds. The second-order valence-electron chi connectivity index (χ2n) is 5.02. The molecule has 4 nitrogen and oxygen atoms in total. The minimum atomic E-state index is 0.0704. The lowest BCUT2D eigenvalue weighted by molar-refractivity contribution is -0.117. The van der Waals surface area contributed by atoms with Crippen LogP contribution in [0.1, 0.15) is 12.0 Å². The number of nitrogens with one attached hydrogen (secondary N) is 2. The van der Waals surface area contributed by atoms with E-state index < -0.39 is 0 Å². The van der Waals surface area contributed by atoms with E-state index in [0.29, 0.717) is 12.6 Å². The second kappa shape index (κ2) is 6.67. The highest BCUT2D eigenvalue weighted by molar-refractivity contribution is 14.1. The fourth-order valence-corrected chi connectivity index (χ4v) is 3.02. The number of rotatable bonds is 4. The van der Waals surface area contributed by atoms with Crippen molar-refractivity contribution in [2.45, 2.75) is 19.4 Å².